The van der Waals surface area contributed by atoms with Crippen molar-refractivity contribution in [2.45, 2.75) is 26.9 Å². The molecule has 0 amide bonds. The first kappa shape index (κ1) is 10.1. The molecule has 1 aliphatic heterocycles. The van der Waals surface area contributed by atoms with Gasteiger partial charge < -0.3 is 9.47 Å². The summed E-state index contributed by atoms with van der Waals surface area (Å²) in [6, 6.07) is 0. The monoisotopic (exact) mass is 184 g/mol. The molecule has 0 bridgehead atoms. The summed E-state index contributed by atoms with van der Waals surface area (Å²) in [5.41, 5.74) is 0. The third-order valence-corrected chi connectivity index (χ3v) is 2.50. The van der Waals surface area contributed by atoms with E-state index in [9.17, 15) is 4.79 Å². The molecule has 3 heteroatoms. The quantitative estimate of drug-likeness (QED) is 0.613. The van der Waals surface area contributed by atoms with Crippen molar-refractivity contribution in [3.05, 3.63) is 12.3 Å². The van der Waals surface area contributed by atoms with Crippen LogP contribution in [0.15, 0.2) is 12.3 Å². The van der Waals surface area contributed by atoms with Crippen molar-refractivity contribution in [1.29, 1.82) is 0 Å². The lowest BCUT2D eigenvalue weighted by Crippen LogP contribution is -2.32. The van der Waals surface area contributed by atoms with E-state index in [1.54, 1.807) is 6.26 Å². The molecule has 0 saturated carbocycles. The molecule has 0 N–H and O–H groups in total. The molecule has 3 atom stereocenters. The zero-order chi connectivity index (χ0) is 9.84. The molecular formula is C10H16O3. The molecule has 0 spiro atoms. The molecule has 13 heavy (non-hydrogen) atoms. The molecule has 0 aliphatic carbocycles. The highest BCUT2D eigenvalue weighted by molar-refractivity contribution is 5.65. The Morgan fingerprint density at radius 1 is 1.54 bits per heavy atom. The van der Waals surface area contributed by atoms with Gasteiger partial charge in [0.05, 0.1) is 6.26 Å². The maximum atomic E-state index is 10.6. The second kappa shape index (κ2) is 4.30. The SMILES string of the molecule is CC(=O)OCC1OC=C[C@@H](C)C1C. The Bertz CT molecular complexity index is 210. The van der Waals surface area contributed by atoms with Crippen LogP contribution in [0.4, 0.5) is 0 Å². The van der Waals surface area contributed by atoms with Gasteiger partial charge in [-0.1, -0.05) is 13.8 Å². The summed E-state index contributed by atoms with van der Waals surface area (Å²) in [4.78, 5) is 10.6. The van der Waals surface area contributed by atoms with Gasteiger partial charge in [0.1, 0.15) is 12.7 Å². The molecule has 0 saturated heterocycles. The highest BCUT2D eigenvalue weighted by Crippen LogP contribution is 2.23. The van der Waals surface area contributed by atoms with Crippen molar-refractivity contribution in [3.8, 4) is 0 Å². The van der Waals surface area contributed by atoms with Gasteiger partial charge in [0.15, 0.2) is 0 Å². The largest absolute Gasteiger partial charge is 0.494 e. The number of hydrogen-bond donors (Lipinski definition) is 0. The average Bonchev–Trinajstić information content (AvgIpc) is 2.07. The summed E-state index contributed by atoms with van der Waals surface area (Å²) in [6.07, 6.45) is 3.72. The van der Waals surface area contributed by atoms with Crippen molar-refractivity contribution in [3.63, 3.8) is 0 Å². The average molecular weight is 184 g/mol. The van der Waals surface area contributed by atoms with Crippen LogP contribution in [0.2, 0.25) is 0 Å². The Labute approximate surface area is 78.7 Å². The highest BCUT2D eigenvalue weighted by atomic mass is 16.6. The molecule has 0 aromatic rings. The molecule has 2 unspecified atom stereocenters. The van der Waals surface area contributed by atoms with E-state index < -0.39 is 0 Å². The van der Waals surface area contributed by atoms with E-state index in [4.69, 9.17) is 9.47 Å². The predicted octanol–water partition coefficient (Wildman–Crippen LogP) is 1.73. The maximum Gasteiger partial charge on any atom is 0.302 e. The number of hydrogen-bond acceptors (Lipinski definition) is 3. The number of allylic oxidation sites excluding steroid dienone is 1. The second-order valence-corrected chi connectivity index (χ2v) is 3.52. The van der Waals surface area contributed by atoms with Crippen LogP contribution in [0.3, 0.4) is 0 Å². The van der Waals surface area contributed by atoms with E-state index in [1.807, 2.05) is 6.08 Å². The molecular weight excluding hydrogens is 168 g/mol. The fourth-order valence-electron chi connectivity index (χ4n) is 1.30. The van der Waals surface area contributed by atoms with Crippen molar-refractivity contribution in [2.75, 3.05) is 6.61 Å². The molecule has 0 radical (unpaired) electrons. The zero-order valence-electron chi connectivity index (χ0n) is 8.32. The van der Waals surface area contributed by atoms with Gasteiger partial charge in [0.25, 0.3) is 0 Å². The lowest BCUT2D eigenvalue weighted by atomic mass is 9.89. The third-order valence-electron chi connectivity index (χ3n) is 2.50. The number of carbonyl (C=O) groups is 1. The van der Waals surface area contributed by atoms with Crippen LogP contribution in [-0.2, 0) is 14.3 Å². The summed E-state index contributed by atoms with van der Waals surface area (Å²) in [5, 5.41) is 0. The lowest BCUT2D eigenvalue weighted by molar-refractivity contribution is -0.145. The van der Waals surface area contributed by atoms with E-state index in [-0.39, 0.29) is 12.1 Å². The highest BCUT2D eigenvalue weighted by Gasteiger charge is 2.26. The molecule has 74 valence electrons. The third kappa shape index (κ3) is 2.76. The van der Waals surface area contributed by atoms with Gasteiger partial charge in [-0.15, -0.1) is 0 Å². The van der Waals surface area contributed by atoms with Crippen LogP contribution < -0.4 is 0 Å². The molecule has 1 rings (SSSR count). The first-order valence-electron chi connectivity index (χ1n) is 4.56. The van der Waals surface area contributed by atoms with Crippen LogP contribution in [0.5, 0.6) is 0 Å². The van der Waals surface area contributed by atoms with Crippen LogP contribution in [0, 0.1) is 11.8 Å². The van der Waals surface area contributed by atoms with Gasteiger partial charge in [-0.05, 0) is 12.0 Å². The Morgan fingerprint density at radius 3 is 2.85 bits per heavy atom. The van der Waals surface area contributed by atoms with Crippen LogP contribution >= 0.6 is 0 Å². The first-order valence-corrected chi connectivity index (χ1v) is 4.56. The zero-order valence-corrected chi connectivity index (χ0v) is 8.32. The van der Waals surface area contributed by atoms with E-state index in [2.05, 4.69) is 13.8 Å². The van der Waals surface area contributed by atoms with Gasteiger partial charge in [-0.25, -0.2) is 0 Å². The van der Waals surface area contributed by atoms with Gasteiger partial charge in [-0.3, -0.25) is 4.79 Å². The Balaban J connectivity index is 2.42. The van der Waals surface area contributed by atoms with Crippen LogP contribution in [0.1, 0.15) is 20.8 Å². The molecule has 1 heterocycles. The van der Waals surface area contributed by atoms with Crippen molar-refractivity contribution < 1.29 is 14.3 Å². The molecule has 0 aromatic carbocycles. The standard InChI is InChI=1S/C10H16O3/c1-7-4-5-12-10(8(7)2)6-13-9(3)11/h4-5,7-8,10H,6H2,1-3H3/t7-,8?,10?/m1/s1. The smallest absolute Gasteiger partial charge is 0.302 e. The van der Waals surface area contributed by atoms with Gasteiger partial charge in [-0.2, -0.15) is 0 Å². The lowest BCUT2D eigenvalue weighted by Gasteiger charge is -2.29. The number of ether oxygens (including phenoxy) is 2. The van der Waals surface area contributed by atoms with Crippen molar-refractivity contribution in [2.24, 2.45) is 11.8 Å². The molecule has 0 aromatic heterocycles. The van der Waals surface area contributed by atoms with E-state index in [0.29, 0.717) is 18.4 Å². The molecule has 0 fully saturated rings. The summed E-state index contributed by atoms with van der Waals surface area (Å²) in [7, 11) is 0. The number of carbonyl (C=O) groups excluding carboxylic acids is 1. The summed E-state index contributed by atoms with van der Waals surface area (Å²) in [5.74, 6) is 0.622. The van der Waals surface area contributed by atoms with E-state index in [1.165, 1.54) is 6.92 Å². The number of esters is 1. The van der Waals surface area contributed by atoms with E-state index in [0.717, 1.165) is 0 Å². The summed E-state index contributed by atoms with van der Waals surface area (Å²) in [6.45, 7) is 5.99. The molecule has 3 nitrogen and oxygen atoms in total. The van der Waals surface area contributed by atoms with Gasteiger partial charge >= 0.3 is 5.97 Å². The normalized spacial score (nSPS) is 32.4. The Hall–Kier alpha value is -0.990. The van der Waals surface area contributed by atoms with Crippen molar-refractivity contribution in [1.82, 2.24) is 0 Å². The van der Waals surface area contributed by atoms with E-state index >= 15 is 0 Å². The topological polar surface area (TPSA) is 35.5 Å². The fourth-order valence-corrected chi connectivity index (χ4v) is 1.30. The predicted molar refractivity (Wildman–Crippen MR) is 49.0 cm³/mol. The second-order valence-electron chi connectivity index (χ2n) is 3.52. The minimum Gasteiger partial charge on any atom is -0.494 e. The van der Waals surface area contributed by atoms with Crippen molar-refractivity contribution >= 4 is 5.97 Å². The molecule has 1 aliphatic rings. The summed E-state index contributed by atoms with van der Waals surface area (Å²) < 4.78 is 10.3. The van der Waals surface area contributed by atoms with Gasteiger partial charge in [0.2, 0.25) is 0 Å². The minimum absolute atomic E-state index is 0.00361. The maximum absolute atomic E-state index is 10.6. The first-order chi connectivity index (χ1) is 6.11. The minimum atomic E-state index is -0.252. The fraction of sp³-hybridized carbons (Fsp3) is 0.700. The van der Waals surface area contributed by atoms with Crippen LogP contribution in [-0.4, -0.2) is 18.7 Å². The van der Waals surface area contributed by atoms with Gasteiger partial charge in [0, 0.05) is 12.8 Å². The Kier molecular flexibility index (Phi) is 3.34. The number of rotatable bonds is 2. The summed E-state index contributed by atoms with van der Waals surface area (Å²) >= 11 is 0. The van der Waals surface area contributed by atoms with Crippen LogP contribution in [0.25, 0.3) is 0 Å². The Morgan fingerprint density at radius 2 is 2.23 bits per heavy atom.